The van der Waals surface area contributed by atoms with Gasteiger partial charge < -0.3 is 5.11 Å². The summed E-state index contributed by atoms with van der Waals surface area (Å²) in [7, 11) is -1.01. The molecule has 2 bridgehead atoms. The fourth-order valence-corrected chi connectivity index (χ4v) is 6.57. The molecule has 1 aromatic rings. The molecule has 0 radical (unpaired) electrons. The molecule has 0 heterocycles. The van der Waals surface area contributed by atoms with Crippen molar-refractivity contribution in [3.8, 4) is 0 Å². The fraction of sp³-hybridized carbons (Fsp3) is 0.556. The van der Waals surface area contributed by atoms with Crippen molar-refractivity contribution in [2.45, 2.75) is 43.1 Å². The van der Waals surface area contributed by atoms with Gasteiger partial charge in [-0.05, 0) is 43.2 Å². The van der Waals surface area contributed by atoms with Crippen LogP contribution in [0.5, 0.6) is 0 Å². The summed E-state index contributed by atoms with van der Waals surface area (Å²) in [6.07, 6.45) is 3.74. The molecule has 3 fully saturated rings. The Morgan fingerprint density at radius 3 is 2.64 bits per heavy atom. The Morgan fingerprint density at radius 2 is 2.09 bits per heavy atom. The number of fused-ring (bicyclic) bond motifs is 3. The molecule has 0 aliphatic heterocycles. The Balaban J connectivity index is 1.98. The highest BCUT2D eigenvalue weighted by atomic mass is 32.2. The molecule has 3 aliphatic rings. The molecule has 4 rings (SSSR count). The Labute approximate surface area is 133 Å². The van der Waals surface area contributed by atoms with E-state index >= 15 is 0 Å². The SMILES string of the molecule is C=C1C[C@]2(C)CCC1C(O)(C[S@@](=O)(=NC)c1ccccc1)C2. The van der Waals surface area contributed by atoms with Crippen molar-refractivity contribution in [1.29, 1.82) is 0 Å². The lowest BCUT2D eigenvalue weighted by atomic mass is 9.54. The van der Waals surface area contributed by atoms with Crippen molar-refractivity contribution in [3.63, 3.8) is 0 Å². The number of hydrogen-bond donors (Lipinski definition) is 1. The molecule has 2 unspecified atom stereocenters. The molecule has 4 heteroatoms. The summed E-state index contributed by atoms with van der Waals surface area (Å²) in [5.41, 5.74) is 0.258. The minimum absolute atomic E-state index is 0.0561. The van der Waals surface area contributed by atoms with Crippen LogP contribution in [0.15, 0.2) is 51.7 Å². The van der Waals surface area contributed by atoms with Gasteiger partial charge in [-0.2, -0.15) is 0 Å². The van der Waals surface area contributed by atoms with Gasteiger partial charge in [0.15, 0.2) is 0 Å². The predicted molar refractivity (Wildman–Crippen MR) is 90.2 cm³/mol. The van der Waals surface area contributed by atoms with Gasteiger partial charge in [-0.1, -0.05) is 37.3 Å². The number of hydrogen-bond acceptors (Lipinski definition) is 3. The number of aliphatic hydroxyl groups is 1. The largest absolute Gasteiger partial charge is 0.388 e. The number of benzene rings is 1. The van der Waals surface area contributed by atoms with Gasteiger partial charge >= 0.3 is 0 Å². The molecule has 0 aromatic heterocycles. The van der Waals surface area contributed by atoms with Gasteiger partial charge in [-0.3, -0.25) is 0 Å². The van der Waals surface area contributed by atoms with Crippen molar-refractivity contribution >= 4 is 9.73 Å². The molecule has 1 N–H and O–H groups in total. The van der Waals surface area contributed by atoms with Gasteiger partial charge in [0.1, 0.15) is 0 Å². The highest BCUT2D eigenvalue weighted by Crippen LogP contribution is 2.57. The monoisotopic (exact) mass is 319 g/mol. The van der Waals surface area contributed by atoms with E-state index in [0.29, 0.717) is 11.3 Å². The summed E-state index contributed by atoms with van der Waals surface area (Å²) in [6, 6.07) is 9.33. The van der Waals surface area contributed by atoms with Gasteiger partial charge in [-0.15, -0.1) is 0 Å². The quantitative estimate of drug-likeness (QED) is 0.865. The zero-order valence-electron chi connectivity index (χ0n) is 13.4. The van der Waals surface area contributed by atoms with Crippen LogP contribution in [0, 0.1) is 11.3 Å². The van der Waals surface area contributed by atoms with Crippen LogP contribution in [0.2, 0.25) is 0 Å². The lowest BCUT2D eigenvalue weighted by Crippen LogP contribution is -2.55. The van der Waals surface area contributed by atoms with Crippen LogP contribution in [0.4, 0.5) is 0 Å². The first-order valence-electron chi connectivity index (χ1n) is 7.88. The lowest BCUT2D eigenvalue weighted by molar-refractivity contribution is -0.0853. The lowest BCUT2D eigenvalue weighted by Gasteiger charge is -2.55. The molecule has 0 amide bonds. The van der Waals surface area contributed by atoms with E-state index in [2.05, 4.69) is 17.9 Å². The molecular formula is C18H25NO2S. The Bertz CT molecular complexity index is 705. The number of nitrogens with zero attached hydrogens (tertiary/aromatic N) is 1. The van der Waals surface area contributed by atoms with Crippen molar-refractivity contribution in [1.82, 2.24) is 0 Å². The van der Waals surface area contributed by atoms with E-state index in [1.807, 2.05) is 30.3 Å². The van der Waals surface area contributed by atoms with Crippen molar-refractivity contribution < 1.29 is 9.32 Å². The molecule has 0 spiro atoms. The zero-order valence-corrected chi connectivity index (χ0v) is 14.2. The van der Waals surface area contributed by atoms with Gasteiger partial charge in [0.2, 0.25) is 0 Å². The summed E-state index contributed by atoms with van der Waals surface area (Å²) in [5, 5.41) is 11.3. The maximum atomic E-state index is 13.4. The van der Waals surface area contributed by atoms with Crippen LogP contribution >= 0.6 is 0 Å². The van der Waals surface area contributed by atoms with E-state index in [-0.39, 0.29) is 17.1 Å². The van der Waals surface area contributed by atoms with Crippen LogP contribution in [-0.4, -0.2) is 27.7 Å². The van der Waals surface area contributed by atoms with Gasteiger partial charge in [-0.25, -0.2) is 8.57 Å². The van der Waals surface area contributed by atoms with E-state index in [1.165, 1.54) is 0 Å². The minimum Gasteiger partial charge on any atom is -0.388 e. The summed E-state index contributed by atoms with van der Waals surface area (Å²) < 4.78 is 17.6. The van der Waals surface area contributed by atoms with Crippen LogP contribution in [0.25, 0.3) is 0 Å². The highest BCUT2D eigenvalue weighted by molar-refractivity contribution is 7.93. The van der Waals surface area contributed by atoms with Crippen LogP contribution in [0.1, 0.15) is 32.6 Å². The van der Waals surface area contributed by atoms with Crippen molar-refractivity contribution in [2.75, 3.05) is 12.8 Å². The molecule has 4 atom stereocenters. The van der Waals surface area contributed by atoms with Crippen molar-refractivity contribution in [3.05, 3.63) is 42.5 Å². The molecule has 22 heavy (non-hydrogen) atoms. The van der Waals surface area contributed by atoms with Crippen LogP contribution in [-0.2, 0) is 9.73 Å². The predicted octanol–water partition coefficient (Wildman–Crippen LogP) is 3.64. The summed E-state index contributed by atoms with van der Waals surface area (Å²) in [4.78, 5) is 0.711. The Hall–Kier alpha value is -1.13. The van der Waals surface area contributed by atoms with Gasteiger partial charge in [0.05, 0.1) is 21.1 Å². The fourth-order valence-electron chi connectivity index (χ4n) is 4.50. The molecule has 3 nitrogen and oxygen atoms in total. The third kappa shape index (κ3) is 2.52. The van der Waals surface area contributed by atoms with Gasteiger partial charge in [0, 0.05) is 17.9 Å². The first-order valence-corrected chi connectivity index (χ1v) is 9.57. The molecule has 3 aliphatic carbocycles. The first-order chi connectivity index (χ1) is 10.3. The molecule has 120 valence electrons. The Kier molecular flexibility index (Phi) is 3.73. The topological polar surface area (TPSA) is 49.7 Å². The zero-order chi connectivity index (χ0) is 16.0. The smallest absolute Gasteiger partial charge is 0.0844 e. The molecule has 3 saturated carbocycles. The maximum absolute atomic E-state index is 13.4. The standard InChI is InChI=1S/C18H25NO2S/c1-14-11-17(2)10-9-16(14)18(20,12-17)13-22(21,19-3)15-7-5-4-6-8-15/h4-8,16,20H,1,9-13H2,2-3H3/t16?,17-,18?,22-/m0/s1. The molecular weight excluding hydrogens is 294 g/mol. The number of rotatable bonds is 3. The molecule has 0 saturated heterocycles. The van der Waals surface area contributed by atoms with E-state index in [1.54, 1.807) is 7.05 Å². The van der Waals surface area contributed by atoms with Crippen LogP contribution in [0.3, 0.4) is 0 Å². The average molecular weight is 319 g/mol. The third-order valence-corrected chi connectivity index (χ3v) is 7.91. The second-order valence-corrected chi connectivity index (χ2v) is 9.70. The summed E-state index contributed by atoms with van der Waals surface area (Å²) >= 11 is 0. The van der Waals surface area contributed by atoms with Crippen LogP contribution < -0.4 is 0 Å². The van der Waals surface area contributed by atoms with E-state index < -0.39 is 15.3 Å². The third-order valence-electron chi connectivity index (χ3n) is 5.42. The van der Waals surface area contributed by atoms with E-state index in [9.17, 15) is 9.32 Å². The van der Waals surface area contributed by atoms with E-state index in [4.69, 9.17) is 0 Å². The summed E-state index contributed by atoms with van der Waals surface area (Å²) in [5.74, 6) is 0.264. The Morgan fingerprint density at radius 1 is 1.41 bits per heavy atom. The highest BCUT2D eigenvalue weighted by Gasteiger charge is 2.54. The second kappa shape index (κ2) is 5.20. The van der Waals surface area contributed by atoms with Gasteiger partial charge in [0.25, 0.3) is 0 Å². The van der Waals surface area contributed by atoms with Crippen molar-refractivity contribution in [2.24, 2.45) is 15.7 Å². The first kappa shape index (κ1) is 15.8. The normalized spacial score (nSPS) is 36.9. The second-order valence-electron chi connectivity index (χ2n) is 7.30. The maximum Gasteiger partial charge on any atom is 0.0844 e. The van der Waals surface area contributed by atoms with E-state index in [0.717, 1.165) is 24.8 Å². The average Bonchev–Trinajstić information content (AvgIpc) is 2.46. The minimum atomic E-state index is -2.60. The summed E-state index contributed by atoms with van der Waals surface area (Å²) in [6.45, 7) is 6.40. The molecule has 1 aromatic carbocycles.